The number of amides is 1. The minimum Gasteiger partial charge on any atom is -0.370 e. The molecule has 0 aliphatic carbocycles. The summed E-state index contributed by atoms with van der Waals surface area (Å²) in [5.41, 5.74) is 5.81. The number of hydrogen-bond donors (Lipinski definition) is 1. The van der Waals surface area contributed by atoms with Gasteiger partial charge in [-0.05, 0) is 18.1 Å². The van der Waals surface area contributed by atoms with Crippen molar-refractivity contribution in [2.45, 2.75) is 24.8 Å². The van der Waals surface area contributed by atoms with Gasteiger partial charge in [0.25, 0.3) is 0 Å². The smallest absolute Gasteiger partial charge is 0.217 e. The first-order valence-electron chi connectivity index (χ1n) is 4.91. The van der Waals surface area contributed by atoms with Gasteiger partial charge in [-0.25, -0.2) is 13.4 Å². The van der Waals surface area contributed by atoms with Crippen molar-refractivity contribution in [1.29, 1.82) is 0 Å². The summed E-state index contributed by atoms with van der Waals surface area (Å²) in [5.74, 6) is -0.356. The van der Waals surface area contributed by atoms with Crippen LogP contribution in [0.3, 0.4) is 0 Å². The quantitative estimate of drug-likeness (QED) is 0.803. The van der Waals surface area contributed by atoms with Crippen molar-refractivity contribution in [3.8, 4) is 0 Å². The molecule has 0 radical (unpaired) electrons. The van der Waals surface area contributed by atoms with Crippen molar-refractivity contribution in [1.82, 2.24) is 4.98 Å². The average molecular weight is 242 g/mol. The van der Waals surface area contributed by atoms with Gasteiger partial charge < -0.3 is 5.73 Å². The number of nitrogens with two attached hydrogens (primary N) is 1. The Bertz CT molecular complexity index is 465. The molecule has 1 rings (SSSR count). The van der Waals surface area contributed by atoms with Crippen LogP contribution in [0.4, 0.5) is 0 Å². The van der Waals surface area contributed by atoms with Gasteiger partial charge in [0.2, 0.25) is 5.91 Å². The van der Waals surface area contributed by atoms with Gasteiger partial charge in [0, 0.05) is 12.6 Å². The van der Waals surface area contributed by atoms with Crippen molar-refractivity contribution >= 4 is 15.7 Å². The maximum absolute atomic E-state index is 11.4. The lowest BCUT2D eigenvalue weighted by molar-refractivity contribution is -0.117. The molecule has 1 aromatic rings. The van der Waals surface area contributed by atoms with Gasteiger partial charge in [-0.2, -0.15) is 0 Å². The number of nitrogens with zero attached hydrogens (tertiary/aromatic N) is 1. The van der Waals surface area contributed by atoms with Crippen LogP contribution in [-0.2, 0) is 21.1 Å². The molecule has 0 aromatic carbocycles. The van der Waals surface area contributed by atoms with E-state index in [1.54, 1.807) is 13.0 Å². The molecule has 1 amide bonds. The van der Waals surface area contributed by atoms with Gasteiger partial charge in [0.15, 0.2) is 14.9 Å². The number of aryl methyl sites for hydroxylation is 1. The van der Waals surface area contributed by atoms with Crippen molar-refractivity contribution in [2.24, 2.45) is 5.73 Å². The highest BCUT2D eigenvalue weighted by atomic mass is 32.2. The number of pyridine rings is 1. The molecule has 0 bridgehead atoms. The number of sulfone groups is 1. The third-order valence-corrected chi connectivity index (χ3v) is 3.80. The van der Waals surface area contributed by atoms with Gasteiger partial charge in [0.05, 0.1) is 5.75 Å². The Balaban J connectivity index is 2.80. The van der Waals surface area contributed by atoms with Crippen molar-refractivity contribution in [3.05, 3.63) is 23.9 Å². The van der Waals surface area contributed by atoms with Gasteiger partial charge in [-0.15, -0.1) is 0 Å². The molecule has 6 heteroatoms. The van der Waals surface area contributed by atoms with E-state index in [9.17, 15) is 13.2 Å². The van der Waals surface area contributed by atoms with E-state index in [1.807, 2.05) is 0 Å². The number of aromatic nitrogens is 1. The second-order valence-corrected chi connectivity index (χ2v) is 5.60. The predicted molar refractivity (Wildman–Crippen MR) is 59.5 cm³/mol. The standard InChI is InChI=1S/C10H14N2O3S/c1-2-16(14,15)10-6-4-8(7-12-10)3-5-9(11)13/h4,6-7H,2-3,5H2,1H3,(H2,11,13). The first-order valence-corrected chi connectivity index (χ1v) is 6.57. The van der Waals surface area contributed by atoms with E-state index in [4.69, 9.17) is 5.73 Å². The van der Waals surface area contributed by atoms with E-state index in [2.05, 4.69) is 4.98 Å². The fourth-order valence-corrected chi connectivity index (χ4v) is 1.94. The highest BCUT2D eigenvalue weighted by molar-refractivity contribution is 7.91. The largest absolute Gasteiger partial charge is 0.370 e. The van der Waals surface area contributed by atoms with Crippen LogP contribution < -0.4 is 5.73 Å². The Kier molecular flexibility index (Phi) is 4.00. The average Bonchev–Trinajstić information content (AvgIpc) is 2.27. The predicted octanol–water partition coefficient (Wildman–Crippen LogP) is 0.293. The van der Waals surface area contributed by atoms with E-state index >= 15 is 0 Å². The number of carbonyl (C=O) groups excluding carboxylic acids is 1. The molecule has 16 heavy (non-hydrogen) atoms. The van der Waals surface area contributed by atoms with E-state index in [-0.39, 0.29) is 23.1 Å². The monoisotopic (exact) mass is 242 g/mol. The van der Waals surface area contributed by atoms with Crippen LogP contribution in [0, 0.1) is 0 Å². The summed E-state index contributed by atoms with van der Waals surface area (Å²) in [4.78, 5) is 14.4. The number of primary amides is 1. The normalized spacial score (nSPS) is 11.3. The van der Waals surface area contributed by atoms with Crippen LogP contribution in [0.2, 0.25) is 0 Å². The molecule has 0 spiro atoms. The lowest BCUT2D eigenvalue weighted by Gasteiger charge is -2.02. The van der Waals surface area contributed by atoms with Gasteiger partial charge in [-0.1, -0.05) is 13.0 Å². The van der Waals surface area contributed by atoms with Crippen LogP contribution >= 0.6 is 0 Å². The van der Waals surface area contributed by atoms with E-state index in [1.165, 1.54) is 12.3 Å². The molecule has 0 atom stereocenters. The van der Waals surface area contributed by atoms with Crippen molar-refractivity contribution in [2.75, 3.05) is 5.75 Å². The summed E-state index contributed by atoms with van der Waals surface area (Å²) < 4.78 is 22.9. The van der Waals surface area contributed by atoms with Crippen LogP contribution in [0.15, 0.2) is 23.4 Å². The number of hydrogen-bond acceptors (Lipinski definition) is 4. The van der Waals surface area contributed by atoms with E-state index < -0.39 is 9.84 Å². The lowest BCUT2D eigenvalue weighted by atomic mass is 10.1. The molecule has 5 nitrogen and oxygen atoms in total. The first kappa shape index (κ1) is 12.6. The first-order chi connectivity index (χ1) is 7.45. The van der Waals surface area contributed by atoms with Crippen LogP contribution in [0.1, 0.15) is 18.9 Å². The zero-order valence-corrected chi connectivity index (χ0v) is 9.83. The van der Waals surface area contributed by atoms with Crippen molar-refractivity contribution in [3.63, 3.8) is 0 Å². The van der Waals surface area contributed by atoms with Gasteiger partial charge in [0.1, 0.15) is 0 Å². The summed E-state index contributed by atoms with van der Waals surface area (Å²) in [5, 5.41) is 0.0674. The van der Waals surface area contributed by atoms with Gasteiger partial charge >= 0.3 is 0 Å². The van der Waals surface area contributed by atoms with E-state index in [0.29, 0.717) is 6.42 Å². The minimum absolute atomic E-state index is 0.0284. The Morgan fingerprint density at radius 1 is 1.44 bits per heavy atom. The van der Waals surface area contributed by atoms with Gasteiger partial charge in [-0.3, -0.25) is 4.79 Å². The molecular weight excluding hydrogens is 228 g/mol. The summed E-state index contributed by atoms with van der Waals surface area (Å²) in [6.45, 7) is 1.57. The van der Waals surface area contributed by atoms with Crippen molar-refractivity contribution < 1.29 is 13.2 Å². The van der Waals surface area contributed by atoms with Crippen LogP contribution in [-0.4, -0.2) is 25.1 Å². The Morgan fingerprint density at radius 2 is 2.12 bits per heavy atom. The molecule has 88 valence electrons. The Morgan fingerprint density at radius 3 is 2.56 bits per heavy atom. The lowest BCUT2D eigenvalue weighted by Crippen LogP contribution is -2.11. The second kappa shape index (κ2) is 5.07. The topological polar surface area (TPSA) is 90.1 Å². The molecule has 1 heterocycles. The number of carbonyl (C=O) groups is 1. The second-order valence-electron chi connectivity index (χ2n) is 3.37. The Labute approximate surface area is 94.6 Å². The molecule has 0 saturated carbocycles. The maximum atomic E-state index is 11.4. The molecule has 2 N–H and O–H groups in total. The minimum atomic E-state index is -3.25. The summed E-state index contributed by atoms with van der Waals surface area (Å²) in [7, 11) is -3.25. The summed E-state index contributed by atoms with van der Waals surface area (Å²) >= 11 is 0. The number of rotatable bonds is 5. The summed E-state index contributed by atoms with van der Waals surface area (Å²) in [6, 6.07) is 3.10. The fourth-order valence-electron chi connectivity index (χ4n) is 1.16. The van der Waals surface area contributed by atoms with Crippen LogP contribution in [0.5, 0.6) is 0 Å². The molecule has 1 aromatic heterocycles. The summed E-state index contributed by atoms with van der Waals surface area (Å²) in [6.07, 6.45) is 2.18. The van der Waals surface area contributed by atoms with Crippen LogP contribution in [0.25, 0.3) is 0 Å². The zero-order valence-electron chi connectivity index (χ0n) is 9.01. The SMILES string of the molecule is CCS(=O)(=O)c1ccc(CCC(N)=O)cn1. The third-order valence-electron chi connectivity index (χ3n) is 2.16. The Hall–Kier alpha value is -1.43. The highest BCUT2D eigenvalue weighted by Gasteiger charge is 2.12. The fraction of sp³-hybridized carbons (Fsp3) is 0.400. The maximum Gasteiger partial charge on any atom is 0.217 e. The highest BCUT2D eigenvalue weighted by Crippen LogP contribution is 2.09. The van der Waals surface area contributed by atoms with E-state index in [0.717, 1.165) is 5.56 Å². The third kappa shape index (κ3) is 3.30. The molecule has 0 unspecified atom stereocenters. The molecular formula is C10H14N2O3S. The molecule has 0 fully saturated rings. The zero-order chi connectivity index (χ0) is 12.2. The molecule has 0 aliphatic rings. The molecule has 0 aliphatic heterocycles. The molecule has 0 saturated heterocycles.